The highest BCUT2D eigenvalue weighted by atomic mass is 35.5. The van der Waals surface area contributed by atoms with Gasteiger partial charge in [0.05, 0.1) is 21.8 Å². The molecular weight excluding hydrogens is 415 g/mol. The maximum absolute atomic E-state index is 6.32. The molecule has 0 unspecified atom stereocenters. The van der Waals surface area contributed by atoms with E-state index in [2.05, 4.69) is 20.5 Å². The second-order valence-corrected chi connectivity index (χ2v) is 7.18. The summed E-state index contributed by atoms with van der Waals surface area (Å²) in [5.41, 5.74) is 5.27. The summed E-state index contributed by atoms with van der Waals surface area (Å²) in [6, 6.07) is 20.4. The van der Waals surface area contributed by atoms with Crippen molar-refractivity contribution in [3.63, 3.8) is 0 Å². The monoisotopic (exact) mass is 426 g/mol. The van der Waals surface area contributed by atoms with E-state index in [1.807, 2.05) is 48.5 Å². The molecule has 0 atom stereocenters. The van der Waals surface area contributed by atoms with Crippen molar-refractivity contribution in [1.82, 2.24) is 9.97 Å². The Balaban J connectivity index is 1.73. The lowest BCUT2D eigenvalue weighted by molar-refractivity contribution is 1.19. The topological polar surface area (TPSA) is 50.2 Å². The molecule has 0 spiro atoms. The van der Waals surface area contributed by atoms with E-state index in [9.17, 15) is 0 Å². The van der Waals surface area contributed by atoms with E-state index in [1.165, 1.54) is 0 Å². The highest BCUT2D eigenvalue weighted by molar-refractivity contribution is 6.36. The van der Waals surface area contributed by atoms with E-state index in [1.54, 1.807) is 24.4 Å². The average molecular weight is 428 g/mol. The lowest BCUT2D eigenvalue weighted by Crippen LogP contribution is -1.99. The van der Waals surface area contributed by atoms with Crippen LogP contribution in [0.5, 0.6) is 0 Å². The standard InChI is InChI=1S/C21H13Cl3N4/c22-14-10-9-13(18(24)11-14)12-25-28-21-16-6-2-4-8-19(16)26-20(27-21)15-5-1-3-7-17(15)23/h1-12H,(H,26,27,28)/b25-12-. The third-order valence-corrected chi connectivity index (χ3v) is 4.95. The summed E-state index contributed by atoms with van der Waals surface area (Å²) in [7, 11) is 0. The highest BCUT2D eigenvalue weighted by Gasteiger charge is 2.11. The number of hydrogen-bond donors (Lipinski definition) is 1. The number of hydrazone groups is 1. The van der Waals surface area contributed by atoms with Crippen molar-refractivity contribution >= 4 is 57.7 Å². The van der Waals surface area contributed by atoms with Crippen molar-refractivity contribution in [3.05, 3.63) is 87.4 Å². The lowest BCUT2D eigenvalue weighted by Gasteiger charge is -2.09. The molecule has 4 nitrogen and oxygen atoms in total. The van der Waals surface area contributed by atoms with Crippen LogP contribution in [0.3, 0.4) is 0 Å². The van der Waals surface area contributed by atoms with E-state index in [0.717, 1.165) is 22.0 Å². The first-order valence-corrected chi connectivity index (χ1v) is 9.51. The zero-order chi connectivity index (χ0) is 19.5. The van der Waals surface area contributed by atoms with Crippen LogP contribution >= 0.6 is 34.8 Å². The molecule has 4 rings (SSSR count). The molecule has 0 aliphatic rings. The third kappa shape index (κ3) is 3.94. The van der Waals surface area contributed by atoms with Gasteiger partial charge in [-0.25, -0.2) is 9.97 Å². The predicted molar refractivity (Wildman–Crippen MR) is 118 cm³/mol. The van der Waals surface area contributed by atoms with Crippen molar-refractivity contribution in [2.45, 2.75) is 0 Å². The number of benzene rings is 3. The number of halogens is 3. The molecule has 0 amide bonds. The Morgan fingerprint density at radius 3 is 2.43 bits per heavy atom. The predicted octanol–water partition coefficient (Wildman–Crippen LogP) is 6.70. The van der Waals surface area contributed by atoms with E-state index < -0.39 is 0 Å². The minimum absolute atomic E-state index is 0.516. The van der Waals surface area contributed by atoms with Crippen LogP contribution in [0.2, 0.25) is 15.1 Å². The molecule has 1 heterocycles. The quantitative estimate of drug-likeness (QED) is 0.291. The average Bonchev–Trinajstić information content (AvgIpc) is 2.70. The minimum atomic E-state index is 0.516. The molecule has 0 saturated carbocycles. The van der Waals surface area contributed by atoms with Gasteiger partial charge in [0.25, 0.3) is 0 Å². The second-order valence-electron chi connectivity index (χ2n) is 5.93. The maximum Gasteiger partial charge on any atom is 0.163 e. The Labute approximate surface area is 176 Å². The Hall–Kier alpha value is -2.66. The van der Waals surface area contributed by atoms with Gasteiger partial charge in [-0.3, -0.25) is 5.43 Å². The summed E-state index contributed by atoms with van der Waals surface area (Å²) in [5, 5.41) is 6.80. The third-order valence-electron chi connectivity index (χ3n) is 4.05. The fraction of sp³-hybridized carbons (Fsp3) is 0. The Bertz CT molecular complexity index is 1190. The molecule has 3 aromatic carbocycles. The molecule has 0 aliphatic carbocycles. The van der Waals surface area contributed by atoms with E-state index in [-0.39, 0.29) is 0 Å². The lowest BCUT2D eigenvalue weighted by atomic mass is 10.2. The molecule has 0 radical (unpaired) electrons. The fourth-order valence-electron chi connectivity index (χ4n) is 2.69. The smallest absolute Gasteiger partial charge is 0.163 e. The summed E-state index contributed by atoms with van der Waals surface area (Å²) in [6.07, 6.45) is 1.62. The summed E-state index contributed by atoms with van der Waals surface area (Å²) in [4.78, 5) is 9.26. The summed E-state index contributed by atoms with van der Waals surface area (Å²) >= 11 is 18.4. The Morgan fingerprint density at radius 1 is 0.821 bits per heavy atom. The Morgan fingerprint density at radius 2 is 1.61 bits per heavy atom. The van der Waals surface area contributed by atoms with Gasteiger partial charge in [0, 0.05) is 21.5 Å². The molecular formula is C21H13Cl3N4. The van der Waals surface area contributed by atoms with Crippen molar-refractivity contribution < 1.29 is 0 Å². The Kier molecular flexibility index (Phi) is 5.44. The number of nitrogens with one attached hydrogen (secondary N) is 1. The van der Waals surface area contributed by atoms with Crippen LogP contribution in [-0.4, -0.2) is 16.2 Å². The van der Waals surface area contributed by atoms with Crippen LogP contribution in [0.1, 0.15) is 5.56 Å². The molecule has 0 bridgehead atoms. The van der Waals surface area contributed by atoms with Gasteiger partial charge in [-0.2, -0.15) is 5.10 Å². The number of nitrogens with zero attached hydrogens (tertiary/aromatic N) is 3. The van der Waals surface area contributed by atoms with Gasteiger partial charge in [-0.1, -0.05) is 65.1 Å². The second kappa shape index (κ2) is 8.15. The van der Waals surface area contributed by atoms with E-state index >= 15 is 0 Å². The van der Waals surface area contributed by atoms with Gasteiger partial charge >= 0.3 is 0 Å². The van der Waals surface area contributed by atoms with Gasteiger partial charge in [0.1, 0.15) is 0 Å². The molecule has 0 saturated heterocycles. The first-order valence-electron chi connectivity index (χ1n) is 8.37. The number of fused-ring (bicyclic) bond motifs is 1. The number of rotatable bonds is 4. The van der Waals surface area contributed by atoms with Crippen molar-refractivity contribution in [3.8, 4) is 11.4 Å². The van der Waals surface area contributed by atoms with Crippen LogP contribution in [-0.2, 0) is 0 Å². The van der Waals surface area contributed by atoms with Gasteiger partial charge in [0.2, 0.25) is 0 Å². The molecule has 4 aromatic rings. The van der Waals surface area contributed by atoms with Crippen LogP contribution in [0, 0.1) is 0 Å². The molecule has 28 heavy (non-hydrogen) atoms. The number of hydrogen-bond acceptors (Lipinski definition) is 4. The van der Waals surface area contributed by atoms with Crippen molar-refractivity contribution in [2.24, 2.45) is 5.10 Å². The van der Waals surface area contributed by atoms with Crippen LogP contribution < -0.4 is 5.43 Å². The molecule has 1 aromatic heterocycles. The summed E-state index contributed by atoms with van der Waals surface area (Å²) in [5.74, 6) is 1.09. The van der Waals surface area contributed by atoms with E-state index in [0.29, 0.717) is 26.7 Å². The van der Waals surface area contributed by atoms with Gasteiger partial charge in [0.15, 0.2) is 11.6 Å². The van der Waals surface area contributed by atoms with Crippen LogP contribution in [0.4, 0.5) is 5.82 Å². The van der Waals surface area contributed by atoms with Gasteiger partial charge in [-0.05, 0) is 36.4 Å². The minimum Gasteiger partial charge on any atom is -0.261 e. The maximum atomic E-state index is 6.32. The van der Waals surface area contributed by atoms with E-state index in [4.69, 9.17) is 34.8 Å². The highest BCUT2D eigenvalue weighted by Crippen LogP contribution is 2.29. The van der Waals surface area contributed by atoms with Gasteiger partial charge in [-0.15, -0.1) is 0 Å². The molecule has 7 heteroatoms. The SMILES string of the molecule is Clc1ccc(/C=N\Nc2nc(-c3ccccc3Cl)nc3ccccc23)c(Cl)c1. The number of aromatic nitrogens is 2. The first-order chi connectivity index (χ1) is 13.6. The number of para-hydroxylation sites is 1. The number of anilines is 1. The van der Waals surface area contributed by atoms with Crippen LogP contribution in [0.25, 0.3) is 22.3 Å². The molecule has 0 aliphatic heterocycles. The van der Waals surface area contributed by atoms with Crippen LogP contribution in [0.15, 0.2) is 71.8 Å². The summed E-state index contributed by atoms with van der Waals surface area (Å²) in [6.45, 7) is 0. The normalized spacial score (nSPS) is 11.2. The fourth-order valence-corrected chi connectivity index (χ4v) is 3.37. The van der Waals surface area contributed by atoms with Crippen molar-refractivity contribution in [2.75, 3.05) is 5.43 Å². The molecule has 0 fully saturated rings. The first kappa shape index (κ1) is 18.7. The zero-order valence-electron chi connectivity index (χ0n) is 14.4. The van der Waals surface area contributed by atoms with Crippen molar-refractivity contribution in [1.29, 1.82) is 0 Å². The zero-order valence-corrected chi connectivity index (χ0v) is 16.7. The summed E-state index contributed by atoms with van der Waals surface area (Å²) < 4.78 is 0. The molecule has 1 N–H and O–H groups in total. The van der Waals surface area contributed by atoms with Gasteiger partial charge < -0.3 is 0 Å². The molecule has 138 valence electrons. The largest absolute Gasteiger partial charge is 0.261 e.